The monoisotopic (exact) mass is 272 g/mol. The lowest BCUT2D eigenvalue weighted by Crippen LogP contribution is -2.26. The molecule has 0 aliphatic rings. The van der Waals surface area contributed by atoms with Gasteiger partial charge >= 0.3 is 0 Å². The van der Waals surface area contributed by atoms with Crippen molar-refractivity contribution in [2.45, 2.75) is 26.7 Å². The van der Waals surface area contributed by atoms with Gasteiger partial charge in [-0.15, -0.1) is 0 Å². The fraction of sp³-hybridized carbons (Fsp3) is 0.636. The number of aryl methyl sites for hydroxylation is 1. The van der Waals surface area contributed by atoms with Gasteiger partial charge in [0.2, 0.25) is 10.0 Å². The third kappa shape index (κ3) is 4.58. The zero-order chi connectivity index (χ0) is 13.8. The van der Waals surface area contributed by atoms with Gasteiger partial charge in [-0.25, -0.2) is 23.1 Å². The minimum absolute atomic E-state index is 0.0174. The molecule has 18 heavy (non-hydrogen) atoms. The van der Waals surface area contributed by atoms with Crippen molar-refractivity contribution in [3.05, 3.63) is 17.6 Å². The summed E-state index contributed by atoms with van der Waals surface area (Å²) in [4.78, 5) is 8.67. The summed E-state index contributed by atoms with van der Waals surface area (Å²) in [5.74, 6) is 1.68. The molecule has 1 heterocycles. The Morgan fingerprint density at radius 2 is 2.00 bits per heavy atom. The summed E-state index contributed by atoms with van der Waals surface area (Å²) < 4.78 is 24.8. The largest absolute Gasteiger partial charge is 0.369 e. The molecule has 1 aromatic heterocycles. The van der Waals surface area contributed by atoms with Crippen molar-refractivity contribution in [3.8, 4) is 0 Å². The predicted octanol–water partition coefficient (Wildman–Crippen LogP) is 0.870. The third-order valence-corrected chi connectivity index (χ3v) is 3.74. The van der Waals surface area contributed by atoms with Crippen LogP contribution in [0.4, 0.5) is 5.82 Å². The van der Waals surface area contributed by atoms with Gasteiger partial charge in [0, 0.05) is 24.2 Å². The Balaban J connectivity index is 2.68. The smallest absolute Gasteiger partial charge is 0.213 e. The molecule has 1 rings (SSSR count). The predicted molar refractivity (Wildman–Crippen MR) is 72.2 cm³/mol. The Labute approximate surface area is 108 Å². The summed E-state index contributed by atoms with van der Waals surface area (Å²) in [5, 5.41) is 3.00. The summed E-state index contributed by atoms with van der Waals surface area (Å²) in [6, 6.07) is 1.80. The maximum atomic E-state index is 11.2. The SMILES string of the molecule is CNS(=O)(=O)CCNc1cc(C)nc(C(C)C)n1. The molecule has 0 aliphatic heterocycles. The van der Waals surface area contributed by atoms with Crippen LogP contribution in [0, 0.1) is 6.92 Å². The van der Waals surface area contributed by atoms with Crippen LogP contribution in [-0.4, -0.2) is 37.7 Å². The van der Waals surface area contributed by atoms with Gasteiger partial charge in [-0.2, -0.15) is 0 Å². The first-order chi connectivity index (χ1) is 8.34. The fourth-order valence-electron chi connectivity index (χ4n) is 1.36. The van der Waals surface area contributed by atoms with Gasteiger partial charge in [0.1, 0.15) is 11.6 Å². The maximum Gasteiger partial charge on any atom is 0.213 e. The molecule has 1 aromatic rings. The minimum Gasteiger partial charge on any atom is -0.369 e. The molecule has 0 unspecified atom stereocenters. The normalized spacial score (nSPS) is 11.8. The summed E-state index contributed by atoms with van der Waals surface area (Å²) in [6.45, 7) is 6.24. The van der Waals surface area contributed by atoms with Crippen LogP contribution in [0.5, 0.6) is 0 Å². The molecule has 7 heteroatoms. The number of nitrogens with zero attached hydrogens (tertiary/aromatic N) is 2. The Morgan fingerprint density at radius 3 is 2.56 bits per heavy atom. The van der Waals surface area contributed by atoms with Crippen LogP contribution < -0.4 is 10.0 Å². The van der Waals surface area contributed by atoms with E-state index < -0.39 is 10.0 Å². The number of rotatable bonds is 6. The minimum atomic E-state index is -3.18. The molecule has 0 spiro atoms. The van der Waals surface area contributed by atoms with Gasteiger partial charge in [0.05, 0.1) is 5.75 Å². The van der Waals surface area contributed by atoms with Crippen molar-refractivity contribution in [2.24, 2.45) is 0 Å². The van der Waals surface area contributed by atoms with Crippen LogP contribution in [0.25, 0.3) is 0 Å². The van der Waals surface area contributed by atoms with Crippen LogP contribution in [0.2, 0.25) is 0 Å². The molecular weight excluding hydrogens is 252 g/mol. The molecule has 0 aliphatic carbocycles. The summed E-state index contributed by atoms with van der Waals surface area (Å²) in [6.07, 6.45) is 0. The van der Waals surface area contributed by atoms with Gasteiger partial charge < -0.3 is 5.32 Å². The Bertz CT molecular complexity index is 500. The van der Waals surface area contributed by atoms with E-state index in [1.165, 1.54) is 7.05 Å². The van der Waals surface area contributed by atoms with E-state index in [4.69, 9.17) is 0 Å². The van der Waals surface area contributed by atoms with Crippen molar-refractivity contribution < 1.29 is 8.42 Å². The van der Waals surface area contributed by atoms with E-state index in [2.05, 4.69) is 20.0 Å². The average Bonchev–Trinajstić information content (AvgIpc) is 2.28. The zero-order valence-electron chi connectivity index (χ0n) is 11.2. The fourth-order valence-corrected chi connectivity index (χ4v) is 1.93. The van der Waals surface area contributed by atoms with Gasteiger partial charge in [-0.1, -0.05) is 13.8 Å². The molecule has 102 valence electrons. The number of anilines is 1. The van der Waals surface area contributed by atoms with Gasteiger partial charge in [0.15, 0.2) is 0 Å². The van der Waals surface area contributed by atoms with Crippen molar-refractivity contribution >= 4 is 15.8 Å². The van der Waals surface area contributed by atoms with Crippen molar-refractivity contribution in [1.82, 2.24) is 14.7 Å². The molecule has 0 amide bonds. The number of sulfonamides is 1. The van der Waals surface area contributed by atoms with E-state index in [0.717, 1.165) is 11.5 Å². The molecule has 0 aromatic carbocycles. The lowest BCUT2D eigenvalue weighted by molar-refractivity contribution is 0.588. The third-order valence-electron chi connectivity index (χ3n) is 2.38. The van der Waals surface area contributed by atoms with Gasteiger partial charge in [0.25, 0.3) is 0 Å². The first-order valence-electron chi connectivity index (χ1n) is 5.84. The highest BCUT2D eigenvalue weighted by Crippen LogP contribution is 2.13. The van der Waals surface area contributed by atoms with Crippen LogP contribution in [0.1, 0.15) is 31.3 Å². The maximum absolute atomic E-state index is 11.2. The van der Waals surface area contributed by atoms with Crippen LogP contribution in [-0.2, 0) is 10.0 Å². The lowest BCUT2D eigenvalue weighted by Gasteiger charge is -2.10. The van der Waals surface area contributed by atoms with Crippen molar-refractivity contribution in [1.29, 1.82) is 0 Å². The average molecular weight is 272 g/mol. The van der Waals surface area contributed by atoms with E-state index in [9.17, 15) is 8.42 Å². The molecule has 2 N–H and O–H groups in total. The Morgan fingerprint density at radius 1 is 1.33 bits per heavy atom. The summed E-state index contributed by atoms with van der Waals surface area (Å²) in [7, 11) is -1.78. The second-order valence-corrected chi connectivity index (χ2v) is 6.40. The van der Waals surface area contributed by atoms with Crippen LogP contribution in [0.3, 0.4) is 0 Å². The molecule has 6 nitrogen and oxygen atoms in total. The lowest BCUT2D eigenvalue weighted by atomic mass is 10.2. The topological polar surface area (TPSA) is 84.0 Å². The molecule has 0 bridgehead atoms. The van der Waals surface area contributed by atoms with Crippen LogP contribution >= 0.6 is 0 Å². The van der Waals surface area contributed by atoms with Gasteiger partial charge in [-0.05, 0) is 14.0 Å². The molecular formula is C11H20N4O2S. The van der Waals surface area contributed by atoms with Crippen LogP contribution in [0.15, 0.2) is 6.07 Å². The quantitative estimate of drug-likeness (QED) is 0.802. The number of hydrogen-bond acceptors (Lipinski definition) is 5. The van der Waals surface area contributed by atoms with E-state index in [1.54, 1.807) is 6.07 Å². The highest BCUT2D eigenvalue weighted by atomic mass is 32.2. The molecule has 0 fully saturated rings. The Hall–Kier alpha value is -1.21. The second kappa shape index (κ2) is 6.10. The number of hydrogen-bond donors (Lipinski definition) is 2. The zero-order valence-corrected chi connectivity index (χ0v) is 12.0. The van der Waals surface area contributed by atoms with Gasteiger partial charge in [-0.3, -0.25) is 0 Å². The molecule has 0 atom stereocenters. The highest BCUT2D eigenvalue weighted by molar-refractivity contribution is 7.89. The van der Waals surface area contributed by atoms with E-state index in [0.29, 0.717) is 12.4 Å². The summed E-state index contributed by atoms with van der Waals surface area (Å²) >= 11 is 0. The van der Waals surface area contributed by atoms with Crippen molar-refractivity contribution in [3.63, 3.8) is 0 Å². The number of nitrogens with one attached hydrogen (secondary N) is 2. The van der Waals surface area contributed by atoms with E-state index in [1.807, 2.05) is 20.8 Å². The second-order valence-electron chi connectivity index (χ2n) is 4.36. The highest BCUT2D eigenvalue weighted by Gasteiger charge is 2.08. The Kier molecular flexibility index (Phi) is 5.03. The van der Waals surface area contributed by atoms with E-state index >= 15 is 0 Å². The molecule has 0 radical (unpaired) electrons. The first-order valence-corrected chi connectivity index (χ1v) is 7.50. The number of aromatic nitrogens is 2. The molecule has 0 saturated heterocycles. The summed E-state index contributed by atoms with van der Waals surface area (Å²) in [5.41, 5.74) is 0.868. The molecule has 0 saturated carbocycles. The standard InChI is InChI=1S/C11H20N4O2S/c1-8(2)11-14-9(3)7-10(15-11)13-5-6-18(16,17)12-4/h7-8,12H,5-6H2,1-4H3,(H,13,14,15). The first kappa shape index (κ1) is 14.8. The van der Waals surface area contributed by atoms with Crippen molar-refractivity contribution in [2.75, 3.05) is 24.7 Å². The van der Waals surface area contributed by atoms with E-state index in [-0.39, 0.29) is 11.7 Å².